The third-order valence-electron chi connectivity index (χ3n) is 4.02. The Labute approximate surface area is 181 Å². The van der Waals surface area contributed by atoms with Crippen molar-refractivity contribution < 1.29 is 19.1 Å². The molecule has 1 amide bonds. The van der Waals surface area contributed by atoms with E-state index in [0.717, 1.165) is 17.3 Å². The van der Waals surface area contributed by atoms with Gasteiger partial charge in [-0.3, -0.25) is 9.69 Å². The van der Waals surface area contributed by atoms with Crippen molar-refractivity contribution >= 4 is 69.6 Å². The molecule has 146 valence electrons. The average Bonchev–Trinajstić information content (AvgIpc) is 3.22. The lowest BCUT2D eigenvalue weighted by Crippen LogP contribution is -2.44. The molecule has 1 fully saturated rings. The smallest absolute Gasteiger partial charge is 0.326 e. The number of rotatable bonds is 7. The van der Waals surface area contributed by atoms with Crippen LogP contribution >= 0.6 is 47.3 Å². The van der Waals surface area contributed by atoms with Gasteiger partial charge in [-0.1, -0.05) is 47.7 Å². The second-order valence-corrected chi connectivity index (χ2v) is 9.00. The highest BCUT2D eigenvalue weighted by atomic mass is 35.5. The molecule has 28 heavy (non-hydrogen) atoms. The highest BCUT2D eigenvalue weighted by molar-refractivity contribution is 8.26. The molecule has 2 aromatic rings. The molecule has 0 saturated carbocycles. The predicted octanol–water partition coefficient (Wildman–Crippen LogP) is 5.01. The van der Waals surface area contributed by atoms with Crippen molar-refractivity contribution in [2.24, 2.45) is 0 Å². The second kappa shape index (κ2) is 9.17. The summed E-state index contributed by atoms with van der Waals surface area (Å²) in [4.78, 5) is 25.9. The summed E-state index contributed by atoms with van der Waals surface area (Å²) in [6.07, 6.45) is 3.80. The van der Waals surface area contributed by atoms with Crippen LogP contribution in [0.25, 0.3) is 17.4 Å². The maximum absolute atomic E-state index is 12.8. The second-order valence-electron chi connectivity index (χ2n) is 5.90. The largest absolute Gasteiger partial charge is 0.480 e. The fourth-order valence-corrected chi connectivity index (χ4v) is 4.68. The van der Waals surface area contributed by atoms with Crippen LogP contribution in [0, 0.1) is 0 Å². The minimum absolute atomic E-state index is 0.242. The Morgan fingerprint density at radius 2 is 2.21 bits per heavy atom. The summed E-state index contributed by atoms with van der Waals surface area (Å²) >= 11 is 13.9. The van der Waals surface area contributed by atoms with E-state index in [4.69, 9.17) is 28.2 Å². The number of benzene rings is 1. The van der Waals surface area contributed by atoms with Crippen LogP contribution in [-0.4, -0.2) is 44.3 Å². The average molecular weight is 454 g/mol. The van der Waals surface area contributed by atoms with Gasteiger partial charge in [0.25, 0.3) is 5.91 Å². The molecule has 1 saturated heterocycles. The number of carboxylic acids is 1. The van der Waals surface area contributed by atoms with Crippen LogP contribution in [0.15, 0.2) is 45.7 Å². The Morgan fingerprint density at radius 1 is 1.43 bits per heavy atom. The number of thiocarbonyl (C=S) groups is 1. The lowest BCUT2D eigenvalue weighted by atomic mass is 10.2. The van der Waals surface area contributed by atoms with Gasteiger partial charge in [-0.25, -0.2) is 4.79 Å². The molecule has 0 radical (unpaired) electrons. The third kappa shape index (κ3) is 4.63. The van der Waals surface area contributed by atoms with Crippen molar-refractivity contribution in [3.05, 3.63) is 52.1 Å². The molecule has 1 aliphatic heterocycles. The number of nitrogens with zero attached hydrogens (tertiary/aromatic N) is 1. The van der Waals surface area contributed by atoms with Gasteiger partial charge in [-0.05, 0) is 42.7 Å². The summed E-state index contributed by atoms with van der Waals surface area (Å²) in [5, 5.41) is 10.1. The molecule has 0 spiro atoms. The standard InChI is InChI=1S/C19H16ClNO4S3/c1-27-8-7-14(18(23)24)21-17(22)16(28-19(21)26)10-13-5-6-15(25-13)11-3-2-4-12(20)9-11/h2-6,9-10,14H,7-8H2,1H3,(H,23,24)/b16-10-/t14-/m0/s1. The fourth-order valence-electron chi connectivity index (χ4n) is 2.70. The van der Waals surface area contributed by atoms with Gasteiger partial charge in [0, 0.05) is 16.7 Å². The Hall–Kier alpha value is -1.74. The molecule has 1 aromatic heterocycles. The van der Waals surface area contributed by atoms with Crippen molar-refractivity contribution in [1.82, 2.24) is 4.90 Å². The van der Waals surface area contributed by atoms with Gasteiger partial charge >= 0.3 is 5.97 Å². The Morgan fingerprint density at radius 3 is 2.89 bits per heavy atom. The molecule has 5 nitrogen and oxygen atoms in total. The quantitative estimate of drug-likeness (QED) is 0.466. The van der Waals surface area contributed by atoms with E-state index in [2.05, 4.69) is 0 Å². The summed E-state index contributed by atoms with van der Waals surface area (Å²) in [7, 11) is 0. The summed E-state index contributed by atoms with van der Waals surface area (Å²) < 4.78 is 6.04. The molecule has 0 bridgehead atoms. The molecule has 1 atom stereocenters. The van der Waals surface area contributed by atoms with Gasteiger partial charge in [0.15, 0.2) is 0 Å². The minimum atomic E-state index is -1.06. The number of hydrogen-bond donors (Lipinski definition) is 1. The van der Waals surface area contributed by atoms with Gasteiger partial charge in [-0.15, -0.1) is 0 Å². The summed E-state index contributed by atoms with van der Waals surface area (Å²) in [6.45, 7) is 0. The highest BCUT2D eigenvalue weighted by Gasteiger charge is 2.40. The normalized spacial score (nSPS) is 16.8. The van der Waals surface area contributed by atoms with Crippen LogP contribution in [0.3, 0.4) is 0 Å². The van der Waals surface area contributed by atoms with Crippen LogP contribution in [0.4, 0.5) is 0 Å². The van der Waals surface area contributed by atoms with E-state index in [1.807, 2.05) is 18.4 Å². The summed E-state index contributed by atoms with van der Waals surface area (Å²) in [5.74, 6) is 0.241. The number of carbonyl (C=O) groups excluding carboxylic acids is 1. The van der Waals surface area contributed by atoms with Crippen LogP contribution in [0.1, 0.15) is 12.2 Å². The number of furan rings is 1. The molecule has 1 aliphatic rings. The summed E-state index contributed by atoms with van der Waals surface area (Å²) in [6, 6.07) is 9.82. The minimum Gasteiger partial charge on any atom is -0.480 e. The van der Waals surface area contributed by atoms with Crippen LogP contribution in [0.5, 0.6) is 0 Å². The van der Waals surface area contributed by atoms with E-state index in [1.165, 1.54) is 16.7 Å². The Balaban J connectivity index is 1.83. The first-order valence-corrected chi connectivity index (χ1v) is 11.2. The van der Waals surface area contributed by atoms with Gasteiger partial charge in [0.1, 0.15) is 21.9 Å². The van der Waals surface area contributed by atoms with Crippen molar-refractivity contribution in [3.8, 4) is 11.3 Å². The number of halogens is 1. The zero-order valence-electron chi connectivity index (χ0n) is 14.8. The van der Waals surface area contributed by atoms with Gasteiger partial charge in [-0.2, -0.15) is 11.8 Å². The van der Waals surface area contributed by atoms with E-state index in [0.29, 0.717) is 33.6 Å². The van der Waals surface area contributed by atoms with E-state index < -0.39 is 17.9 Å². The van der Waals surface area contributed by atoms with E-state index in [1.54, 1.807) is 30.3 Å². The monoisotopic (exact) mass is 453 g/mol. The topological polar surface area (TPSA) is 70.8 Å². The zero-order chi connectivity index (χ0) is 20.3. The lowest BCUT2D eigenvalue weighted by molar-refractivity contribution is -0.145. The van der Waals surface area contributed by atoms with Crippen molar-refractivity contribution in [2.45, 2.75) is 12.5 Å². The molecule has 1 aromatic carbocycles. The lowest BCUT2D eigenvalue weighted by Gasteiger charge is -2.22. The van der Waals surface area contributed by atoms with Crippen LogP contribution in [-0.2, 0) is 9.59 Å². The van der Waals surface area contributed by atoms with Gasteiger partial charge in [0.2, 0.25) is 0 Å². The molecule has 0 aliphatic carbocycles. The maximum atomic E-state index is 12.8. The first kappa shape index (κ1) is 21.0. The number of aliphatic carboxylic acids is 1. The maximum Gasteiger partial charge on any atom is 0.326 e. The molecular formula is C19H16ClNO4S3. The molecule has 3 rings (SSSR count). The number of carbonyl (C=O) groups is 2. The first-order chi connectivity index (χ1) is 13.4. The van der Waals surface area contributed by atoms with E-state index >= 15 is 0 Å². The Kier molecular flexibility index (Phi) is 6.87. The summed E-state index contributed by atoms with van der Waals surface area (Å²) in [5.41, 5.74) is 0.822. The van der Waals surface area contributed by atoms with Crippen molar-refractivity contribution in [2.75, 3.05) is 12.0 Å². The molecule has 9 heteroatoms. The fraction of sp³-hybridized carbons (Fsp3) is 0.211. The van der Waals surface area contributed by atoms with Crippen LogP contribution in [0.2, 0.25) is 5.02 Å². The van der Waals surface area contributed by atoms with Crippen molar-refractivity contribution in [3.63, 3.8) is 0 Å². The number of carboxylic acid groups (broad SMARTS) is 1. The highest BCUT2D eigenvalue weighted by Crippen LogP contribution is 2.35. The first-order valence-electron chi connectivity index (χ1n) is 8.25. The number of thioether (sulfide) groups is 2. The van der Waals surface area contributed by atoms with Gasteiger partial charge < -0.3 is 9.52 Å². The van der Waals surface area contributed by atoms with Gasteiger partial charge in [0.05, 0.1) is 4.91 Å². The predicted molar refractivity (Wildman–Crippen MR) is 119 cm³/mol. The number of hydrogen-bond acceptors (Lipinski definition) is 6. The van der Waals surface area contributed by atoms with Crippen LogP contribution < -0.4 is 0 Å². The molecule has 0 unspecified atom stereocenters. The molecule has 2 heterocycles. The van der Waals surface area contributed by atoms with E-state index in [9.17, 15) is 14.7 Å². The number of amides is 1. The molecule has 1 N–H and O–H groups in total. The third-order valence-corrected chi connectivity index (χ3v) is 6.23. The van der Waals surface area contributed by atoms with Crippen molar-refractivity contribution in [1.29, 1.82) is 0 Å². The SMILES string of the molecule is CSCC[C@@H](C(=O)O)N1C(=O)/C(=C/c2ccc(-c3cccc(Cl)c3)o2)SC1=S. The van der Waals surface area contributed by atoms with E-state index in [-0.39, 0.29) is 4.32 Å². The molecular weight excluding hydrogens is 438 g/mol. The Bertz CT molecular complexity index is 956. The zero-order valence-corrected chi connectivity index (χ0v) is 18.0.